The monoisotopic (exact) mass is 186 g/mol. The topological polar surface area (TPSA) is 69.1 Å². The quantitative estimate of drug-likeness (QED) is 0.631. The van der Waals surface area contributed by atoms with E-state index < -0.39 is 0 Å². The van der Waals surface area contributed by atoms with Crippen molar-refractivity contribution in [1.29, 1.82) is 0 Å². The summed E-state index contributed by atoms with van der Waals surface area (Å²) in [5, 5.41) is 0. The Morgan fingerprint density at radius 2 is 1.85 bits per heavy atom. The lowest BCUT2D eigenvalue weighted by atomic mass is 9.85. The zero-order valence-electron chi connectivity index (χ0n) is 8.97. The minimum Gasteiger partial charge on any atom is -0.330 e. The SMILES string of the molecule is CC(C)(C)C(=O)[C@H](N)CCCCN. The third-order valence-corrected chi connectivity index (χ3v) is 2.05. The highest BCUT2D eigenvalue weighted by Gasteiger charge is 2.26. The number of ketones is 1. The molecule has 4 N–H and O–H groups in total. The van der Waals surface area contributed by atoms with Crippen molar-refractivity contribution in [1.82, 2.24) is 0 Å². The summed E-state index contributed by atoms with van der Waals surface area (Å²) in [6.07, 6.45) is 2.65. The van der Waals surface area contributed by atoms with Crippen LogP contribution in [0.5, 0.6) is 0 Å². The van der Waals surface area contributed by atoms with Crippen molar-refractivity contribution in [2.45, 2.75) is 46.1 Å². The fourth-order valence-electron chi connectivity index (χ4n) is 1.20. The average Bonchev–Trinajstić information content (AvgIpc) is 2.01. The predicted octanol–water partition coefficient (Wildman–Crippen LogP) is 1.06. The van der Waals surface area contributed by atoms with Crippen LogP contribution in [-0.2, 0) is 4.79 Å². The molecule has 0 aliphatic carbocycles. The van der Waals surface area contributed by atoms with E-state index in [-0.39, 0.29) is 17.2 Å². The number of hydrogen-bond donors (Lipinski definition) is 2. The second kappa shape index (κ2) is 5.35. The average molecular weight is 186 g/mol. The molecule has 0 aromatic heterocycles. The molecule has 0 aromatic carbocycles. The van der Waals surface area contributed by atoms with Crippen LogP contribution in [-0.4, -0.2) is 18.4 Å². The number of carbonyl (C=O) groups excluding carboxylic acids is 1. The van der Waals surface area contributed by atoms with E-state index in [4.69, 9.17) is 11.5 Å². The van der Waals surface area contributed by atoms with Crippen molar-refractivity contribution in [2.75, 3.05) is 6.54 Å². The van der Waals surface area contributed by atoms with Gasteiger partial charge in [-0.15, -0.1) is 0 Å². The van der Waals surface area contributed by atoms with Gasteiger partial charge in [0.15, 0.2) is 5.78 Å². The van der Waals surface area contributed by atoms with Crippen LogP contribution in [0.2, 0.25) is 0 Å². The van der Waals surface area contributed by atoms with Gasteiger partial charge < -0.3 is 11.5 Å². The smallest absolute Gasteiger partial charge is 0.154 e. The van der Waals surface area contributed by atoms with Gasteiger partial charge in [0, 0.05) is 5.41 Å². The summed E-state index contributed by atoms with van der Waals surface area (Å²) in [6.45, 7) is 6.38. The molecule has 13 heavy (non-hydrogen) atoms. The summed E-state index contributed by atoms with van der Waals surface area (Å²) in [7, 11) is 0. The van der Waals surface area contributed by atoms with Gasteiger partial charge in [0.05, 0.1) is 6.04 Å². The second-order valence-electron chi connectivity index (χ2n) is 4.51. The van der Waals surface area contributed by atoms with Gasteiger partial charge in [-0.1, -0.05) is 27.2 Å². The first-order valence-corrected chi connectivity index (χ1v) is 4.89. The third-order valence-electron chi connectivity index (χ3n) is 2.05. The Bertz CT molecular complexity index is 161. The molecule has 0 spiro atoms. The molecule has 1 atom stereocenters. The zero-order valence-corrected chi connectivity index (χ0v) is 8.97. The van der Waals surface area contributed by atoms with Crippen LogP contribution in [0, 0.1) is 5.41 Å². The molecule has 0 rings (SSSR count). The first kappa shape index (κ1) is 12.6. The summed E-state index contributed by atoms with van der Waals surface area (Å²) in [6, 6.07) is -0.313. The van der Waals surface area contributed by atoms with Crippen LogP contribution in [0.4, 0.5) is 0 Å². The van der Waals surface area contributed by atoms with Gasteiger partial charge in [-0.3, -0.25) is 4.79 Å². The molecule has 0 aromatic rings. The van der Waals surface area contributed by atoms with E-state index in [1.165, 1.54) is 0 Å². The first-order chi connectivity index (χ1) is 5.89. The molecule has 0 unspecified atom stereocenters. The fourth-order valence-corrected chi connectivity index (χ4v) is 1.20. The summed E-state index contributed by atoms with van der Waals surface area (Å²) >= 11 is 0. The Balaban J connectivity index is 3.84. The highest BCUT2D eigenvalue weighted by molar-refractivity contribution is 5.88. The summed E-state index contributed by atoms with van der Waals surface area (Å²) in [5.41, 5.74) is 10.8. The molecule has 0 aliphatic heterocycles. The van der Waals surface area contributed by atoms with Crippen LogP contribution in [0.15, 0.2) is 0 Å². The molecule has 0 saturated heterocycles. The van der Waals surface area contributed by atoms with Gasteiger partial charge in [-0.05, 0) is 19.4 Å². The lowest BCUT2D eigenvalue weighted by Gasteiger charge is -2.21. The number of hydrogen-bond acceptors (Lipinski definition) is 3. The highest BCUT2D eigenvalue weighted by atomic mass is 16.1. The van der Waals surface area contributed by atoms with Crippen LogP contribution >= 0.6 is 0 Å². The van der Waals surface area contributed by atoms with Gasteiger partial charge in [0.25, 0.3) is 0 Å². The van der Waals surface area contributed by atoms with E-state index >= 15 is 0 Å². The molecule has 3 nitrogen and oxygen atoms in total. The Morgan fingerprint density at radius 1 is 1.31 bits per heavy atom. The number of Topliss-reactive ketones (excluding diaryl/α,β-unsaturated/α-hetero) is 1. The molecule has 0 saturated carbocycles. The minimum atomic E-state index is -0.317. The summed E-state index contributed by atoms with van der Waals surface area (Å²) in [4.78, 5) is 11.6. The second-order valence-corrected chi connectivity index (χ2v) is 4.51. The lowest BCUT2D eigenvalue weighted by molar-refractivity contribution is -0.127. The molecular formula is C10H22N2O. The molecular weight excluding hydrogens is 164 g/mol. The van der Waals surface area contributed by atoms with Crippen molar-refractivity contribution in [3.8, 4) is 0 Å². The van der Waals surface area contributed by atoms with Gasteiger partial charge >= 0.3 is 0 Å². The van der Waals surface area contributed by atoms with Gasteiger partial charge in [0.1, 0.15) is 0 Å². The highest BCUT2D eigenvalue weighted by Crippen LogP contribution is 2.17. The molecule has 3 heteroatoms. The molecule has 0 fully saturated rings. The maximum absolute atomic E-state index is 11.6. The molecule has 0 heterocycles. The Hall–Kier alpha value is -0.410. The first-order valence-electron chi connectivity index (χ1n) is 4.89. The Labute approximate surface area is 80.9 Å². The largest absolute Gasteiger partial charge is 0.330 e. The number of unbranched alkanes of at least 4 members (excludes halogenated alkanes) is 1. The van der Waals surface area contributed by atoms with Gasteiger partial charge in [0.2, 0.25) is 0 Å². The normalized spacial score (nSPS) is 14.2. The number of nitrogens with two attached hydrogens (primary N) is 2. The Morgan fingerprint density at radius 3 is 2.23 bits per heavy atom. The van der Waals surface area contributed by atoms with Gasteiger partial charge in [-0.25, -0.2) is 0 Å². The predicted molar refractivity (Wildman–Crippen MR) is 55.3 cm³/mol. The van der Waals surface area contributed by atoms with Crippen molar-refractivity contribution in [2.24, 2.45) is 16.9 Å². The van der Waals surface area contributed by atoms with Crippen LogP contribution in [0.25, 0.3) is 0 Å². The van der Waals surface area contributed by atoms with E-state index in [2.05, 4.69) is 0 Å². The summed E-state index contributed by atoms with van der Waals surface area (Å²) in [5.74, 6) is 0.143. The van der Waals surface area contributed by atoms with Crippen molar-refractivity contribution in [3.63, 3.8) is 0 Å². The molecule has 0 bridgehead atoms. The Kier molecular flexibility index (Phi) is 5.18. The number of rotatable bonds is 5. The lowest BCUT2D eigenvalue weighted by Crippen LogP contribution is -2.38. The van der Waals surface area contributed by atoms with Crippen LogP contribution < -0.4 is 11.5 Å². The van der Waals surface area contributed by atoms with Crippen molar-refractivity contribution < 1.29 is 4.79 Å². The van der Waals surface area contributed by atoms with Crippen LogP contribution in [0.3, 0.4) is 0 Å². The van der Waals surface area contributed by atoms with E-state index in [1.807, 2.05) is 20.8 Å². The summed E-state index contributed by atoms with van der Waals surface area (Å²) < 4.78 is 0. The fraction of sp³-hybridized carbons (Fsp3) is 0.900. The number of carbonyl (C=O) groups is 1. The molecule has 0 aliphatic rings. The maximum Gasteiger partial charge on any atom is 0.154 e. The standard InChI is InChI=1S/C10H22N2O/c1-10(2,3)9(13)8(12)6-4-5-7-11/h8H,4-7,11-12H2,1-3H3/t8-/m1/s1. The minimum absolute atomic E-state index is 0.143. The van der Waals surface area contributed by atoms with Crippen molar-refractivity contribution >= 4 is 5.78 Å². The van der Waals surface area contributed by atoms with Crippen LogP contribution in [0.1, 0.15) is 40.0 Å². The molecule has 78 valence electrons. The maximum atomic E-state index is 11.6. The molecule has 0 amide bonds. The zero-order chi connectivity index (χ0) is 10.5. The van der Waals surface area contributed by atoms with E-state index in [0.29, 0.717) is 6.54 Å². The van der Waals surface area contributed by atoms with E-state index in [1.54, 1.807) is 0 Å². The van der Waals surface area contributed by atoms with E-state index in [9.17, 15) is 4.79 Å². The van der Waals surface area contributed by atoms with Gasteiger partial charge in [-0.2, -0.15) is 0 Å². The third kappa shape index (κ3) is 5.01. The molecule has 0 radical (unpaired) electrons. The van der Waals surface area contributed by atoms with E-state index in [0.717, 1.165) is 19.3 Å². The van der Waals surface area contributed by atoms with Crippen molar-refractivity contribution in [3.05, 3.63) is 0 Å².